The highest BCUT2D eigenvalue weighted by Crippen LogP contribution is 2.32. The number of carbonyl (C=O) groups excluding carboxylic acids is 1. The van der Waals surface area contributed by atoms with Gasteiger partial charge in [-0.3, -0.25) is 4.79 Å². The van der Waals surface area contributed by atoms with E-state index in [0.717, 1.165) is 12.8 Å². The number of nitriles is 1. The maximum atomic E-state index is 11.8. The zero-order valence-electron chi connectivity index (χ0n) is 8.61. The molecule has 1 aromatic carbocycles. The molecule has 1 aromatic rings. The summed E-state index contributed by atoms with van der Waals surface area (Å²) >= 11 is 5.90. The molecule has 1 fully saturated rings. The van der Waals surface area contributed by atoms with Crippen LogP contribution in [-0.4, -0.2) is 11.9 Å². The third-order valence-corrected chi connectivity index (χ3v) is 2.97. The average Bonchev–Trinajstić information content (AvgIpc) is 3.10. The Morgan fingerprint density at radius 1 is 1.50 bits per heavy atom. The highest BCUT2D eigenvalue weighted by atomic mass is 35.5. The number of amides is 1. The second kappa shape index (κ2) is 4.54. The summed E-state index contributed by atoms with van der Waals surface area (Å²) in [5.41, 5.74) is 0.421. The SMILES string of the molecule is N#CC(NC(=O)c1ccccc1Cl)C1CC1. The fourth-order valence-corrected chi connectivity index (χ4v) is 1.77. The molecule has 1 aliphatic rings. The molecule has 0 heterocycles. The van der Waals surface area contributed by atoms with Crippen molar-refractivity contribution in [3.8, 4) is 6.07 Å². The molecule has 0 spiro atoms. The van der Waals surface area contributed by atoms with Gasteiger partial charge in [-0.25, -0.2) is 0 Å². The van der Waals surface area contributed by atoms with Crippen molar-refractivity contribution in [2.45, 2.75) is 18.9 Å². The van der Waals surface area contributed by atoms with Crippen LogP contribution in [-0.2, 0) is 0 Å². The molecule has 3 nitrogen and oxygen atoms in total. The van der Waals surface area contributed by atoms with Gasteiger partial charge < -0.3 is 5.32 Å². The van der Waals surface area contributed by atoms with E-state index in [9.17, 15) is 4.79 Å². The standard InChI is InChI=1S/C12H11ClN2O/c13-10-4-2-1-3-9(10)12(16)15-11(7-14)8-5-6-8/h1-4,8,11H,5-6H2,(H,15,16). The van der Waals surface area contributed by atoms with Gasteiger partial charge in [-0.2, -0.15) is 5.26 Å². The topological polar surface area (TPSA) is 52.9 Å². The number of halogens is 1. The summed E-state index contributed by atoms with van der Waals surface area (Å²) in [7, 11) is 0. The van der Waals surface area contributed by atoms with Crippen LogP contribution in [0, 0.1) is 17.2 Å². The molecule has 0 aromatic heterocycles. The summed E-state index contributed by atoms with van der Waals surface area (Å²) in [6.45, 7) is 0. The van der Waals surface area contributed by atoms with Crippen LogP contribution in [0.1, 0.15) is 23.2 Å². The second-order valence-electron chi connectivity index (χ2n) is 3.90. The molecule has 0 radical (unpaired) electrons. The number of nitrogens with zero attached hydrogens (tertiary/aromatic N) is 1. The molecule has 0 aliphatic heterocycles. The van der Waals surface area contributed by atoms with Crippen molar-refractivity contribution < 1.29 is 4.79 Å². The lowest BCUT2D eigenvalue weighted by atomic mass is 10.1. The van der Waals surface area contributed by atoms with Crippen LogP contribution in [0.2, 0.25) is 5.02 Å². The molecular formula is C12H11ClN2O. The number of nitrogens with one attached hydrogen (secondary N) is 1. The molecule has 16 heavy (non-hydrogen) atoms. The first-order valence-corrected chi connectivity index (χ1v) is 5.55. The van der Waals surface area contributed by atoms with Crippen LogP contribution in [0.25, 0.3) is 0 Å². The van der Waals surface area contributed by atoms with Crippen molar-refractivity contribution in [2.75, 3.05) is 0 Å². The van der Waals surface area contributed by atoms with Gasteiger partial charge in [-0.15, -0.1) is 0 Å². The maximum Gasteiger partial charge on any atom is 0.253 e. The zero-order valence-corrected chi connectivity index (χ0v) is 9.37. The Morgan fingerprint density at radius 2 is 2.19 bits per heavy atom. The number of carbonyl (C=O) groups is 1. The van der Waals surface area contributed by atoms with Crippen LogP contribution in [0.4, 0.5) is 0 Å². The van der Waals surface area contributed by atoms with E-state index in [0.29, 0.717) is 16.5 Å². The van der Waals surface area contributed by atoms with E-state index in [4.69, 9.17) is 16.9 Å². The Kier molecular flexibility index (Phi) is 3.12. The molecule has 1 amide bonds. The highest BCUT2D eigenvalue weighted by Gasteiger charge is 2.32. The van der Waals surface area contributed by atoms with Gasteiger partial charge in [0.1, 0.15) is 6.04 Å². The van der Waals surface area contributed by atoms with Gasteiger partial charge in [-0.05, 0) is 30.9 Å². The van der Waals surface area contributed by atoms with E-state index >= 15 is 0 Å². The van der Waals surface area contributed by atoms with Gasteiger partial charge in [-0.1, -0.05) is 23.7 Å². The van der Waals surface area contributed by atoms with E-state index in [1.54, 1.807) is 24.3 Å². The van der Waals surface area contributed by atoms with Gasteiger partial charge in [0.15, 0.2) is 0 Å². The summed E-state index contributed by atoms with van der Waals surface area (Å²) in [5, 5.41) is 12.0. The molecule has 82 valence electrons. The monoisotopic (exact) mass is 234 g/mol. The summed E-state index contributed by atoms with van der Waals surface area (Å²) in [4.78, 5) is 11.8. The summed E-state index contributed by atoms with van der Waals surface area (Å²) in [5.74, 6) is 0.0421. The lowest BCUT2D eigenvalue weighted by molar-refractivity contribution is 0.0942. The number of rotatable bonds is 3. The molecule has 0 saturated heterocycles. The van der Waals surface area contributed by atoms with Crippen molar-refractivity contribution in [3.63, 3.8) is 0 Å². The minimum atomic E-state index is -0.385. The Hall–Kier alpha value is -1.53. The van der Waals surface area contributed by atoms with E-state index in [-0.39, 0.29) is 11.9 Å². The molecule has 2 rings (SSSR count). The molecule has 1 N–H and O–H groups in total. The Morgan fingerprint density at radius 3 is 2.75 bits per heavy atom. The summed E-state index contributed by atoms with van der Waals surface area (Å²) < 4.78 is 0. The zero-order chi connectivity index (χ0) is 11.5. The van der Waals surface area contributed by atoms with E-state index in [2.05, 4.69) is 11.4 Å². The molecule has 1 unspecified atom stereocenters. The van der Waals surface area contributed by atoms with Crippen molar-refractivity contribution >= 4 is 17.5 Å². The Bertz CT molecular complexity index is 449. The van der Waals surface area contributed by atoms with Crippen molar-refractivity contribution in [1.29, 1.82) is 5.26 Å². The largest absolute Gasteiger partial charge is 0.336 e. The highest BCUT2D eigenvalue weighted by molar-refractivity contribution is 6.33. The van der Waals surface area contributed by atoms with Crippen LogP contribution < -0.4 is 5.32 Å². The van der Waals surface area contributed by atoms with Crippen LogP contribution in [0.3, 0.4) is 0 Å². The maximum absolute atomic E-state index is 11.8. The number of hydrogen-bond donors (Lipinski definition) is 1. The lowest BCUT2D eigenvalue weighted by Gasteiger charge is -2.10. The van der Waals surface area contributed by atoms with Crippen LogP contribution >= 0.6 is 11.6 Å². The van der Waals surface area contributed by atoms with Crippen LogP contribution in [0.5, 0.6) is 0 Å². The Labute approximate surface area is 99.0 Å². The van der Waals surface area contributed by atoms with E-state index < -0.39 is 0 Å². The average molecular weight is 235 g/mol. The van der Waals surface area contributed by atoms with Crippen LogP contribution in [0.15, 0.2) is 24.3 Å². The summed E-state index contributed by atoms with van der Waals surface area (Å²) in [6.07, 6.45) is 2.03. The molecular weight excluding hydrogens is 224 g/mol. The smallest absolute Gasteiger partial charge is 0.253 e. The predicted octanol–water partition coefficient (Wildman–Crippen LogP) is 2.37. The minimum absolute atomic E-state index is 0.274. The first-order valence-electron chi connectivity index (χ1n) is 5.17. The predicted molar refractivity (Wildman–Crippen MR) is 61.0 cm³/mol. The normalized spacial score (nSPS) is 16.2. The fraction of sp³-hybridized carbons (Fsp3) is 0.333. The molecule has 4 heteroatoms. The molecule has 0 bridgehead atoms. The number of benzene rings is 1. The third-order valence-electron chi connectivity index (χ3n) is 2.64. The molecule has 1 aliphatic carbocycles. The van der Waals surface area contributed by atoms with Gasteiger partial charge >= 0.3 is 0 Å². The van der Waals surface area contributed by atoms with Crippen molar-refractivity contribution in [2.24, 2.45) is 5.92 Å². The van der Waals surface area contributed by atoms with E-state index in [1.165, 1.54) is 0 Å². The lowest BCUT2D eigenvalue weighted by Crippen LogP contribution is -2.35. The second-order valence-corrected chi connectivity index (χ2v) is 4.30. The fourth-order valence-electron chi connectivity index (χ4n) is 1.55. The van der Waals surface area contributed by atoms with Crippen molar-refractivity contribution in [3.05, 3.63) is 34.9 Å². The summed E-state index contributed by atoms with van der Waals surface area (Å²) in [6, 6.07) is 8.55. The minimum Gasteiger partial charge on any atom is -0.336 e. The first-order chi connectivity index (χ1) is 7.72. The molecule has 1 atom stereocenters. The third kappa shape index (κ3) is 2.34. The quantitative estimate of drug-likeness (QED) is 0.873. The van der Waals surface area contributed by atoms with Gasteiger partial charge in [0.2, 0.25) is 0 Å². The Balaban J connectivity index is 2.08. The van der Waals surface area contributed by atoms with E-state index in [1.807, 2.05) is 0 Å². The van der Waals surface area contributed by atoms with Crippen molar-refractivity contribution in [1.82, 2.24) is 5.32 Å². The van der Waals surface area contributed by atoms with Gasteiger partial charge in [0, 0.05) is 0 Å². The molecule has 1 saturated carbocycles. The first kappa shape index (κ1) is 11.0. The number of hydrogen-bond acceptors (Lipinski definition) is 2. The van der Waals surface area contributed by atoms with Gasteiger partial charge in [0.25, 0.3) is 5.91 Å². The van der Waals surface area contributed by atoms with Gasteiger partial charge in [0.05, 0.1) is 16.7 Å².